The SMILES string of the molecule is CC(=O)CC(=O)[O-].CCOC(=O)C(C(=O)OCC)c1ccc(F)cn1.CCOC(=O)C(Cc1cc(F)cc(F)c1)(C(=O)OCC)c1ccc(F)cn1.CCOC(=O)CC(=O)C(Cc1cc(F)cc(F)c1)c1ccc(F)cn1.CCOC(=O)Cl.Fc1cc(F)cc(CBr)c1.Fc1ccc(Br)nc1.O=C(O)C(Cc1cc(F)cc(F)c1)c1ccc(F)cn1.O=C(O)c1ccccn1.[K+]. The Labute approximate surface area is 805 Å². The van der Waals surface area contributed by atoms with Gasteiger partial charge >= 0.3 is 98.6 Å². The Balaban J connectivity index is 0.000000768. The maximum absolute atomic E-state index is 13.6. The van der Waals surface area contributed by atoms with Gasteiger partial charge in [-0.25, -0.2) is 76.6 Å². The number of halogens is 16. The van der Waals surface area contributed by atoms with Crippen molar-refractivity contribution in [2.24, 2.45) is 0 Å². The molecule has 0 saturated carbocycles. The van der Waals surface area contributed by atoms with Gasteiger partial charge in [-0.2, -0.15) is 0 Å². The molecule has 26 nitrogen and oxygen atoms in total. The number of Topliss-reactive ketones (excluding diaryl/α,β-unsaturated/α-hetero) is 2. The Bertz CT molecular complexity index is 5170. The van der Waals surface area contributed by atoms with E-state index in [9.17, 15) is 120 Å². The molecule has 10 rings (SSSR count). The van der Waals surface area contributed by atoms with Crippen molar-refractivity contribution >= 4 is 108 Å². The molecule has 0 saturated heterocycles. The number of pyridine rings is 6. The fourth-order valence-electron chi connectivity index (χ4n) is 10.2. The van der Waals surface area contributed by atoms with E-state index in [0.717, 1.165) is 110 Å². The summed E-state index contributed by atoms with van der Waals surface area (Å²) in [7, 11) is 0. The minimum atomic E-state index is -2.14. The summed E-state index contributed by atoms with van der Waals surface area (Å²) in [5.41, 5.74) is -1.46. The van der Waals surface area contributed by atoms with Crippen molar-refractivity contribution in [2.45, 2.75) is 109 Å². The molecule has 43 heteroatoms. The Morgan fingerprint density at radius 1 is 0.420 bits per heavy atom. The zero-order valence-corrected chi connectivity index (χ0v) is 77.6. The van der Waals surface area contributed by atoms with Crippen LogP contribution in [0.25, 0.3) is 0 Å². The van der Waals surface area contributed by atoms with E-state index in [2.05, 4.69) is 66.5 Å². The number of carboxylic acid groups (broad SMARTS) is 3. The van der Waals surface area contributed by atoms with Crippen molar-refractivity contribution in [1.29, 1.82) is 0 Å². The first-order valence-electron chi connectivity index (χ1n) is 37.8. The van der Waals surface area contributed by atoms with Crippen molar-refractivity contribution in [2.75, 3.05) is 39.6 Å². The summed E-state index contributed by atoms with van der Waals surface area (Å²) in [6, 6.07) is 28.7. The summed E-state index contributed by atoms with van der Waals surface area (Å²) in [6.07, 6.45) is 4.54. The normalized spacial score (nSPS) is 10.5. The Morgan fingerprint density at radius 2 is 0.786 bits per heavy atom. The number of aliphatic carboxylic acids is 2. The van der Waals surface area contributed by atoms with E-state index < -0.39 is 171 Å². The van der Waals surface area contributed by atoms with Crippen LogP contribution in [-0.2, 0) is 102 Å². The number of rotatable bonds is 28. The maximum Gasteiger partial charge on any atom is 1.00 e. The van der Waals surface area contributed by atoms with Gasteiger partial charge in [-0.3, -0.25) is 58.3 Å². The molecule has 6 aromatic heterocycles. The van der Waals surface area contributed by atoms with E-state index in [4.69, 9.17) is 40.4 Å². The van der Waals surface area contributed by atoms with Gasteiger partial charge in [0.1, 0.15) is 104 Å². The predicted octanol–water partition coefficient (Wildman–Crippen LogP) is 13.5. The van der Waals surface area contributed by atoms with E-state index in [0.29, 0.717) is 34.2 Å². The Kier molecular flexibility index (Phi) is 56.8. The molecule has 0 aliphatic heterocycles. The molecular weight excluding hydrogens is 1940 g/mol. The van der Waals surface area contributed by atoms with Crippen molar-refractivity contribution in [3.05, 3.63) is 320 Å². The number of ketones is 2. The number of aromatic carboxylic acids is 1. The molecule has 0 fully saturated rings. The van der Waals surface area contributed by atoms with E-state index >= 15 is 0 Å². The monoisotopic (exact) mass is 2020 g/mol. The smallest absolute Gasteiger partial charge is 0.550 e. The molecule has 696 valence electrons. The first-order valence-corrected chi connectivity index (χ1v) is 40.1. The van der Waals surface area contributed by atoms with E-state index in [1.165, 1.54) is 69.4 Å². The van der Waals surface area contributed by atoms with Crippen LogP contribution in [0.5, 0.6) is 0 Å². The third-order valence-corrected chi connectivity index (χ3v) is 16.7. The number of ether oxygens (including phenoxy) is 6. The number of carbonyl (C=O) groups is 11. The Hall–Kier alpha value is -11.7. The topological polar surface area (TPSA) is 384 Å². The number of nitrogens with zero attached hydrogens (tertiary/aromatic N) is 6. The van der Waals surface area contributed by atoms with Crippen LogP contribution in [-0.4, -0.2) is 145 Å². The van der Waals surface area contributed by atoms with Crippen molar-refractivity contribution in [3.63, 3.8) is 0 Å². The van der Waals surface area contributed by atoms with Crippen molar-refractivity contribution < 1.29 is 205 Å². The van der Waals surface area contributed by atoms with Crippen LogP contribution in [0, 0.1) is 75.6 Å². The quantitative estimate of drug-likeness (QED) is 0.00672. The number of hydrogen-bond donors (Lipinski definition) is 2. The summed E-state index contributed by atoms with van der Waals surface area (Å²) < 4.78 is 198. The molecule has 2 atom stereocenters. The standard InChI is InChI=1S/C19H18F3NO4.C18H16F3NO3.C14H10F3NO2.C12H14FNO4.C7H5BrF2.C6H5NO2.C5H3BrFN.C4H6O3.C3H5ClO2.K/c1-3-26-17(24)19(18(25)27-4-2,16-6-5-13(20)11-23-16)10-12-7-14(21)9-15(22)8-12;1-2-25-18(24)9-17(23)15(16-4-3-12(19)10-22-16)7-11-5-13(20)8-14(21)6-11;15-9-1-2-13(18-7-9)12(14(19)20)5-8-3-10(16)6-11(17)4-8;1-3-17-11(15)10(12(16)18-4-2)9-6-5-8(13)7-14-9;8-4-5-1-6(9)3-7(10)2-5;8-6(9)5-3-1-2-4-7-5;6-5-2-1-4(7)3-8-5;1-3(5)2-4(6)7;1-2-6-3(4)5;/h5-9,11H,3-4,10H2,1-2H3;3-6,8,10,15H,2,7,9H2,1H3;1-4,6-7,12H,5H2,(H,19,20);5-7,10H,3-4H2,1-2H3;1-3H,4H2;1-4H,(H,8,9);1-3H;2H2,1H3,(H,6,7);2H2,1H3;/q;;;;;;;;;+1/p-1. The molecule has 2 N–H and O–H groups in total. The second-order valence-electron chi connectivity index (χ2n) is 25.3. The third kappa shape index (κ3) is 46.6. The maximum atomic E-state index is 13.6. The second-order valence-corrected chi connectivity index (χ2v) is 27.0. The van der Waals surface area contributed by atoms with E-state index in [1.807, 2.05) is 0 Å². The second kappa shape index (κ2) is 63.4. The van der Waals surface area contributed by atoms with Crippen LogP contribution in [0.3, 0.4) is 0 Å². The van der Waals surface area contributed by atoms with Crippen molar-refractivity contribution in [3.8, 4) is 0 Å². The van der Waals surface area contributed by atoms with Gasteiger partial charge in [-0.15, -0.1) is 0 Å². The third-order valence-electron chi connectivity index (χ3n) is 15.4. The number of carbonyl (C=O) groups excluding carboxylic acids is 9. The summed E-state index contributed by atoms with van der Waals surface area (Å²) in [5, 5.41) is 27.4. The zero-order chi connectivity index (χ0) is 97.8. The number of hydrogen-bond acceptors (Lipinski definition) is 24. The average molecular weight is 2020 g/mol. The molecule has 4 aromatic carbocycles. The van der Waals surface area contributed by atoms with Gasteiger partial charge in [-0.1, -0.05) is 22.0 Å². The van der Waals surface area contributed by atoms with Gasteiger partial charge < -0.3 is 48.5 Å². The number of carboxylic acids is 3. The molecule has 0 aliphatic carbocycles. The zero-order valence-electron chi connectivity index (χ0n) is 70.6. The molecule has 10 aromatic rings. The first-order chi connectivity index (χ1) is 61.5. The molecular formula is C88H81Br2ClF13KN6O20. The summed E-state index contributed by atoms with van der Waals surface area (Å²) in [5.74, 6) is -20.6. The molecule has 0 amide bonds. The minimum absolute atomic E-state index is 0. The van der Waals surface area contributed by atoms with Crippen LogP contribution in [0.4, 0.5) is 61.9 Å². The number of alkyl halides is 1. The fourth-order valence-corrected chi connectivity index (χ4v) is 10.8. The van der Waals surface area contributed by atoms with Crippen LogP contribution >= 0.6 is 43.5 Å². The van der Waals surface area contributed by atoms with Gasteiger partial charge in [0.2, 0.25) is 5.41 Å². The summed E-state index contributed by atoms with van der Waals surface area (Å²) in [6.45, 7) is 11.5. The first kappa shape index (κ1) is 117. The van der Waals surface area contributed by atoms with Gasteiger partial charge in [0.15, 0.2) is 11.7 Å². The minimum Gasteiger partial charge on any atom is -0.550 e. The van der Waals surface area contributed by atoms with Crippen molar-refractivity contribution in [1.82, 2.24) is 29.9 Å². The molecule has 2 unspecified atom stereocenters. The van der Waals surface area contributed by atoms with Crippen LogP contribution < -0.4 is 56.5 Å². The molecule has 0 radical (unpaired) electrons. The summed E-state index contributed by atoms with van der Waals surface area (Å²) in [4.78, 5) is 146. The van der Waals surface area contributed by atoms with Gasteiger partial charge in [0.25, 0.3) is 0 Å². The van der Waals surface area contributed by atoms with Gasteiger partial charge in [0, 0.05) is 66.2 Å². The van der Waals surface area contributed by atoms with Crippen LogP contribution in [0.15, 0.2) is 193 Å². The van der Waals surface area contributed by atoms with Crippen LogP contribution in [0.2, 0.25) is 0 Å². The summed E-state index contributed by atoms with van der Waals surface area (Å²) >= 11 is 10.9. The molecule has 131 heavy (non-hydrogen) atoms. The molecule has 0 aliphatic rings. The van der Waals surface area contributed by atoms with E-state index in [1.54, 1.807) is 45.9 Å². The average Bonchev–Trinajstić information content (AvgIpc) is 0.762. The number of benzene rings is 4. The Morgan fingerprint density at radius 3 is 1.08 bits per heavy atom. The van der Waals surface area contributed by atoms with Gasteiger partial charge in [0.05, 0.1) is 99.3 Å². The van der Waals surface area contributed by atoms with Crippen LogP contribution in [0.1, 0.15) is 135 Å². The fraction of sp³-hybridized carbons (Fsp3) is 0.261. The molecule has 0 bridgehead atoms. The largest absolute Gasteiger partial charge is 1.00 e. The predicted molar refractivity (Wildman–Crippen MR) is 443 cm³/mol. The van der Waals surface area contributed by atoms with E-state index in [-0.39, 0.29) is 154 Å². The number of aromatic nitrogens is 6. The van der Waals surface area contributed by atoms with Gasteiger partial charge in [-0.05, 0) is 221 Å². The molecule has 0 spiro atoms. The molecule has 6 heterocycles. The number of esters is 5.